The fraction of sp³-hybridized carbons (Fsp3) is 0.533. The van der Waals surface area contributed by atoms with E-state index in [-0.39, 0.29) is 12.0 Å². The zero-order valence-electron chi connectivity index (χ0n) is 13.7. The summed E-state index contributed by atoms with van der Waals surface area (Å²) in [7, 11) is -3.07. The Morgan fingerprint density at radius 3 is 2.52 bits per heavy atom. The molecular weight excluding hydrogens is 316 g/mol. The van der Waals surface area contributed by atoms with E-state index in [1.54, 1.807) is 0 Å². The maximum Gasteiger partial charge on any atom is 0.211 e. The topological polar surface area (TPSA) is 97.0 Å². The molecule has 1 aliphatic rings. The van der Waals surface area contributed by atoms with Gasteiger partial charge in [-0.1, -0.05) is 0 Å². The molecule has 23 heavy (non-hydrogen) atoms. The van der Waals surface area contributed by atoms with Crippen molar-refractivity contribution in [2.24, 2.45) is 16.6 Å². The molecule has 7 nitrogen and oxygen atoms in total. The number of nitrogens with two attached hydrogens (primary N) is 1. The highest BCUT2D eigenvalue weighted by Crippen LogP contribution is 2.19. The number of nitrogens with one attached hydrogen (secondary N) is 1. The van der Waals surface area contributed by atoms with Crippen molar-refractivity contribution in [3.63, 3.8) is 0 Å². The van der Waals surface area contributed by atoms with Crippen LogP contribution in [0.5, 0.6) is 5.75 Å². The molecule has 8 heteroatoms. The summed E-state index contributed by atoms with van der Waals surface area (Å²) >= 11 is 0. The summed E-state index contributed by atoms with van der Waals surface area (Å²) in [5, 5.41) is 3.01. The van der Waals surface area contributed by atoms with Gasteiger partial charge in [-0.05, 0) is 38.1 Å². The first-order valence-corrected chi connectivity index (χ1v) is 9.37. The van der Waals surface area contributed by atoms with Crippen molar-refractivity contribution in [2.45, 2.75) is 20.0 Å². The lowest BCUT2D eigenvalue weighted by atomic mass is 10.0. The highest BCUT2D eigenvalue weighted by atomic mass is 32.2. The Labute approximate surface area is 137 Å². The average Bonchev–Trinajstić information content (AvgIpc) is 2.37. The molecule has 0 saturated carbocycles. The molecule has 128 valence electrons. The van der Waals surface area contributed by atoms with Gasteiger partial charge < -0.3 is 15.8 Å². The van der Waals surface area contributed by atoms with Crippen LogP contribution in [0.4, 0.5) is 5.69 Å². The van der Waals surface area contributed by atoms with E-state index in [4.69, 9.17) is 10.5 Å². The van der Waals surface area contributed by atoms with E-state index in [2.05, 4.69) is 10.3 Å². The van der Waals surface area contributed by atoms with Crippen molar-refractivity contribution < 1.29 is 13.2 Å². The second-order valence-electron chi connectivity index (χ2n) is 5.99. The molecule has 0 amide bonds. The van der Waals surface area contributed by atoms with E-state index in [0.717, 1.165) is 11.4 Å². The molecule has 0 aliphatic carbocycles. The Morgan fingerprint density at radius 1 is 1.39 bits per heavy atom. The molecule has 0 aromatic heterocycles. The molecule has 1 fully saturated rings. The fourth-order valence-electron chi connectivity index (χ4n) is 2.21. The molecule has 0 bridgehead atoms. The van der Waals surface area contributed by atoms with Crippen LogP contribution >= 0.6 is 0 Å². The lowest BCUT2D eigenvalue weighted by molar-refractivity contribution is 0.209. The Morgan fingerprint density at radius 2 is 2.00 bits per heavy atom. The van der Waals surface area contributed by atoms with Crippen LogP contribution in [0.15, 0.2) is 29.3 Å². The number of ether oxygens (including phenoxy) is 1. The standard InChI is InChI=1S/C15H24N4O3S/c1-11(2)22-14-6-4-13(5-7-14)18-15(16)17-8-12-9-19(10-12)23(3,20)21/h4-7,11-12H,8-10H2,1-3H3,(H3,16,17,18). The number of anilines is 1. The Bertz CT molecular complexity index is 650. The van der Waals surface area contributed by atoms with Gasteiger partial charge in [-0.2, -0.15) is 0 Å². The van der Waals surface area contributed by atoms with Crippen LogP contribution in [0.1, 0.15) is 13.8 Å². The van der Waals surface area contributed by atoms with Crippen LogP contribution in [-0.2, 0) is 10.0 Å². The molecule has 3 N–H and O–H groups in total. The first kappa shape index (κ1) is 17.6. The molecular formula is C15H24N4O3S. The van der Waals surface area contributed by atoms with Crippen molar-refractivity contribution in [1.29, 1.82) is 0 Å². The molecule has 0 atom stereocenters. The van der Waals surface area contributed by atoms with Gasteiger partial charge in [0.25, 0.3) is 0 Å². The minimum Gasteiger partial charge on any atom is -0.491 e. The summed E-state index contributed by atoms with van der Waals surface area (Å²) in [6, 6.07) is 7.47. The number of benzene rings is 1. The fourth-order valence-corrected chi connectivity index (χ4v) is 3.18. The molecule has 2 rings (SSSR count). The monoisotopic (exact) mass is 340 g/mol. The summed E-state index contributed by atoms with van der Waals surface area (Å²) in [6.07, 6.45) is 1.35. The number of aliphatic imine (C=N–C) groups is 1. The third-order valence-electron chi connectivity index (χ3n) is 3.41. The van der Waals surface area contributed by atoms with E-state index in [9.17, 15) is 8.42 Å². The Balaban J connectivity index is 1.79. The van der Waals surface area contributed by atoms with E-state index < -0.39 is 10.0 Å². The molecule has 1 heterocycles. The number of hydrogen-bond acceptors (Lipinski definition) is 4. The van der Waals surface area contributed by atoms with Gasteiger partial charge in [0.15, 0.2) is 5.96 Å². The van der Waals surface area contributed by atoms with Gasteiger partial charge in [-0.3, -0.25) is 4.99 Å². The zero-order chi connectivity index (χ0) is 17.0. The molecule has 1 aliphatic heterocycles. The van der Waals surface area contributed by atoms with Crippen LogP contribution in [0.25, 0.3) is 0 Å². The van der Waals surface area contributed by atoms with Crippen molar-refractivity contribution >= 4 is 21.7 Å². The highest BCUT2D eigenvalue weighted by molar-refractivity contribution is 7.88. The molecule has 1 aromatic rings. The van der Waals surface area contributed by atoms with Gasteiger partial charge in [-0.15, -0.1) is 0 Å². The normalized spacial score (nSPS) is 17.1. The summed E-state index contributed by atoms with van der Waals surface area (Å²) < 4.78 is 29.6. The van der Waals surface area contributed by atoms with Crippen LogP contribution in [0.3, 0.4) is 0 Å². The average molecular weight is 340 g/mol. The van der Waals surface area contributed by atoms with Crippen molar-refractivity contribution in [3.8, 4) is 5.75 Å². The summed E-state index contributed by atoms with van der Waals surface area (Å²) in [6.45, 7) is 5.48. The van der Waals surface area contributed by atoms with E-state index >= 15 is 0 Å². The maximum absolute atomic E-state index is 11.3. The minimum absolute atomic E-state index is 0.134. The highest BCUT2D eigenvalue weighted by Gasteiger charge is 2.32. The predicted octanol–water partition coefficient (Wildman–Crippen LogP) is 1.09. The lowest BCUT2D eigenvalue weighted by Gasteiger charge is -2.36. The van der Waals surface area contributed by atoms with Crippen molar-refractivity contribution in [3.05, 3.63) is 24.3 Å². The van der Waals surface area contributed by atoms with E-state index in [1.807, 2.05) is 38.1 Å². The molecule has 1 saturated heterocycles. The number of sulfonamides is 1. The number of nitrogens with zero attached hydrogens (tertiary/aromatic N) is 2. The van der Waals surface area contributed by atoms with Gasteiger partial charge in [0.1, 0.15) is 5.75 Å². The third kappa shape index (κ3) is 5.40. The third-order valence-corrected chi connectivity index (χ3v) is 4.65. The summed E-state index contributed by atoms with van der Waals surface area (Å²) in [5.41, 5.74) is 6.68. The number of hydrogen-bond donors (Lipinski definition) is 2. The number of guanidine groups is 1. The molecule has 0 spiro atoms. The maximum atomic E-state index is 11.3. The smallest absolute Gasteiger partial charge is 0.211 e. The summed E-state index contributed by atoms with van der Waals surface area (Å²) in [5.74, 6) is 1.35. The quantitative estimate of drug-likeness (QED) is 0.597. The molecule has 1 aromatic carbocycles. The van der Waals surface area contributed by atoms with Gasteiger partial charge in [0.2, 0.25) is 10.0 Å². The molecule has 0 radical (unpaired) electrons. The largest absolute Gasteiger partial charge is 0.491 e. The van der Waals surface area contributed by atoms with Crippen LogP contribution in [-0.4, -0.2) is 50.7 Å². The second kappa shape index (κ2) is 7.18. The van der Waals surface area contributed by atoms with Crippen molar-refractivity contribution in [2.75, 3.05) is 31.2 Å². The second-order valence-corrected chi connectivity index (χ2v) is 7.97. The first-order valence-electron chi connectivity index (χ1n) is 7.53. The van der Waals surface area contributed by atoms with E-state index in [1.165, 1.54) is 10.6 Å². The molecule has 0 unspecified atom stereocenters. The van der Waals surface area contributed by atoms with Crippen LogP contribution in [0, 0.1) is 5.92 Å². The first-order chi connectivity index (χ1) is 10.7. The van der Waals surface area contributed by atoms with Gasteiger partial charge in [-0.25, -0.2) is 12.7 Å². The van der Waals surface area contributed by atoms with E-state index in [0.29, 0.717) is 25.6 Å². The Kier molecular flexibility index (Phi) is 5.48. The zero-order valence-corrected chi connectivity index (χ0v) is 14.5. The Hall–Kier alpha value is -1.80. The van der Waals surface area contributed by atoms with Gasteiger partial charge in [0, 0.05) is 31.2 Å². The predicted molar refractivity (Wildman–Crippen MR) is 92.2 cm³/mol. The van der Waals surface area contributed by atoms with Gasteiger partial charge in [0.05, 0.1) is 12.4 Å². The summed E-state index contributed by atoms with van der Waals surface area (Å²) in [4.78, 5) is 4.26. The SMILES string of the molecule is CC(C)Oc1ccc(NC(N)=NCC2CN(S(C)(=O)=O)C2)cc1. The number of rotatable bonds is 6. The minimum atomic E-state index is -3.07. The van der Waals surface area contributed by atoms with Crippen LogP contribution < -0.4 is 15.8 Å². The van der Waals surface area contributed by atoms with Crippen molar-refractivity contribution in [1.82, 2.24) is 4.31 Å². The lowest BCUT2D eigenvalue weighted by Crippen LogP contribution is -2.50. The van der Waals surface area contributed by atoms with Gasteiger partial charge >= 0.3 is 0 Å². The van der Waals surface area contributed by atoms with Crippen LogP contribution in [0.2, 0.25) is 0 Å².